The van der Waals surface area contributed by atoms with Crippen LogP contribution in [0.3, 0.4) is 0 Å². The van der Waals surface area contributed by atoms with Crippen molar-refractivity contribution < 1.29 is 74.0 Å². The average molecular weight is 889 g/mol. The first-order valence-corrected chi connectivity index (χ1v) is 19.4. The fourth-order valence-electron chi connectivity index (χ4n) is 6.47. The molecule has 0 N–H and O–H groups in total. The van der Waals surface area contributed by atoms with Gasteiger partial charge in [0.2, 0.25) is 0 Å². The first-order valence-electron chi connectivity index (χ1n) is 19.4. The van der Waals surface area contributed by atoms with E-state index in [0.717, 1.165) is 27.1 Å². The molecule has 0 atom stereocenters. The Morgan fingerprint density at radius 1 is 0.453 bits per heavy atom. The summed E-state index contributed by atoms with van der Waals surface area (Å²) in [5.74, 6) is 1.63. The monoisotopic (exact) mass is 888 g/mol. The van der Waals surface area contributed by atoms with Crippen molar-refractivity contribution >= 4 is 33.5 Å². The molecule has 0 bridgehead atoms. The summed E-state index contributed by atoms with van der Waals surface area (Å²) in [6, 6.07) is 33.5. The first-order chi connectivity index (χ1) is 31.0. The Morgan fingerprint density at radius 2 is 0.922 bits per heavy atom. The van der Waals surface area contributed by atoms with E-state index < -0.39 is 11.9 Å². The minimum Gasteiger partial charge on any atom is -0.496 e. The van der Waals surface area contributed by atoms with Crippen molar-refractivity contribution in [3.05, 3.63) is 131 Å². The minimum atomic E-state index is -1.27. The molecule has 15 heteroatoms. The number of rotatable bonds is 15. The van der Waals surface area contributed by atoms with E-state index in [0.29, 0.717) is 51.2 Å². The lowest BCUT2D eigenvalue weighted by atomic mass is 10.0. The molecule has 0 unspecified atom stereocenters. The van der Waals surface area contributed by atoms with Gasteiger partial charge in [0, 0.05) is 51.9 Å². The van der Waals surface area contributed by atoms with Crippen molar-refractivity contribution in [1.82, 2.24) is 0 Å². The zero-order valence-electron chi connectivity index (χ0n) is 40.6. The van der Waals surface area contributed by atoms with Crippen LogP contribution in [0.1, 0.15) is 41.0 Å². The highest BCUT2D eigenvalue weighted by atomic mass is 16.9. The number of methoxy groups -OCH3 is 13. The van der Waals surface area contributed by atoms with Gasteiger partial charge in [0.1, 0.15) is 17.1 Å². The molecule has 64 heavy (non-hydrogen) atoms. The van der Waals surface area contributed by atoms with Crippen molar-refractivity contribution in [3.63, 3.8) is 0 Å². The SMILES string of the molecule is COC(=O)c1ccc(OC)c(OC)c1.COC(=O)c1ccc2ccccc2c1OC.COc1c(C(OC)(OC)OC)ccc2ccccc12.COc1ccc(C(OC)OC)cc1OC.[H+].[H+]. The topological polar surface area (TPSA) is 154 Å². The normalized spacial score (nSPS) is 10.5. The maximum atomic E-state index is 11.5. The zero-order chi connectivity index (χ0) is 47.2. The van der Waals surface area contributed by atoms with Crippen LogP contribution in [-0.4, -0.2) is 104 Å². The molecule has 15 nitrogen and oxygen atoms in total. The summed E-state index contributed by atoms with van der Waals surface area (Å²) in [4.78, 5) is 22.7. The lowest BCUT2D eigenvalue weighted by Gasteiger charge is -2.30. The van der Waals surface area contributed by atoms with Crippen LogP contribution in [0.2, 0.25) is 0 Å². The molecule has 344 valence electrons. The Kier molecular flexibility index (Phi) is 21.1. The van der Waals surface area contributed by atoms with Crippen LogP contribution in [0.25, 0.3) is 21.5 Å². The van der Waals surface area contributed by atoms with Gasteiger partial charge in [0.15, 0.2) is 29.3 Å². The average Bonchev–Trinajstić information content (AvgIpc) is 3.36. The standard InChI is InChI=1S/C15H18O4.C13H12O3.C11H16O4.C10H12O4/c1-16-14-12-8-6-5-7-11(12)9-10-13(14)15(17-2,18-3)19-4;1-15-12-10-6-4-3-5-9(10)7-8-11(12)13(14)16-2;1-12-9-6-5-8(7-10(9)13-2)11(14-3)15-4;1-12-8-5-4-7(10(11)14-3)6-9(8)13-2/h5-10H,1-4H3;3-8H,1-2H3;5-7,11H,1-4H3;4-6H,1-3H3/p+2. The molecular weight excluding hydrogens is 829 g/mol. The molecule has 0 heterocycles. The van der Waals surface area contributed by atoms with E-state index >= 15 is 0 Å². The molecule has 0 aromatic heterocycles. The maximum Gasteiger partial charge on any atom is 1.00 e. The van der Waals surface area contributed by atoms with Gasteiger partial charge >= 0.3 is 20.8 Å². The van der Waals surface area contributed by atoms with Crippen LogP contribution in [0.5, 0.6) is 34.5 Å². The van der Waals surface area contributed by atoms with Crippen LogP contribution in [0.15, 0.2) is 109 Å². The predicted molar refractivity (Wildman–Crippen MR) is 244 cm³/mol. The third-order valence-corrected chi connectivity index (χ3v) is 9.62. The van der Waals surface area contributed by atoms with E-state index in [4.69, 9.17) is 56.8 Å². The Labute approximate surface area is 377 Å². The van der Waals surface area contributed by atoms with Gasteiger partial charge in [-0.1, -0.05) is 66.7 Å². The highest BCUT2D eigenvalue weighted by molar-refractivity contribution is 6.01. The number of benzene rings is 6. The van der Waals surface area contributed by atoms with Crippen molar-refractivity contribution in [3.8, 4) is 34.5 Å². The van der Waals surface area contributed by atoms with E-state index in [1.165, 1.54) is 49.8 Å². The Morgan fingerprint density at radius 3 is 1.39 bits per heavy atom. The fourth-order valence-corrected chi connectivity index (χ4v) is 6.47. The molecule has 0 saturated heterocycles. The molecule has 0 aliphatic rings. The molecule has 6 aromatic carbocycles. The molecule has 0 saturated carbocycles. The predicted octanol–water partition coefficient (Wildman–Crippen LogP) is 9.24. The van der Waals surface area contributed by atoms with Crippen LogP contribution < -0.4 is 28.4 Å². The minimum absolute atomic E-state index is 0. The Hall–Kier alpha value is -6.62. The molecule has 0 aliphatic heterocycles. The molecule has 0 spiro atoms. The highest BCUT2D eigenvalue weighted by Gasteiger charge is 2.36. The summed E-state index contributed by atoms with van der Waals surface area (Å²) in [6.07, 6.45) is -0.384. The largest absolute Gasteiger partial charge is 1.00 e. The smallest absolute Gasteiger partial charge is 0.496 e. The molecule has 6 rings (SSSR count). The van der Waals surface area contributed by atoms with Gasteiger partial charge in [0.25, 0.3) is 0 Å². The van der Waals surface area contributed by atoms with Gasteiger partial charge in [-0.15, -0.1) is 0 Å². The Balaban J connectivity index is 0.000000439. The van der Waals surface area contributed by atoms with E-state index in [-0.39, 0.29) is 15.1 Å². The summed E-state index contributed by atoms with van der Waals surface area (Å²) < 4.78 is 66.9. The third-order valence-electron chi connectivity index (χ3n) is 9.62. The fraction of sp³-hybridized carbons (Fsp3) is 0.306. The van der Waals surface area contributed by atoms with E-state index in [2.05, 4.69) is 4.74 Å². The van der Waals surface area contributed by atoms with E-state index in [9.17, 15) is 9.59 Å². The molecule has 0 aliphatic carbocycles. The van der Waals surface area contributed by atoms with Crippen molar-refractivity contribution in [2.75, 3.05) is 92.4 Å². The molecule has 6 aromatic rings. The summed E-state index contributed by atoms with van der Waals surface area (Å²) in [5, 5.41) is 4.01. The van der Waals surface area contributed by atoms with Crippen molar-refractivity contribution in [2.45, 2.75) is 12.3 Å². The number of esters is 2. The van der Waals surface area contributed by atoms with Gasteiger partial charge in [-0.05, 0) is 53.2 Å². The lowest BCUT2D eigenvalue weighted by Crippen LogP contribution is -2.33. The molecule has 0 radical (unpaired) electrons. The quantitative estimate of drug-likeness (QED) is 0.0710. The number of ether oxygens (including phenoxy) is 13. The number of hydrogen-bond donors (Lipinski definition) is 0. The summed E-state index contributed by atoms with van der Waals surface area (Å²) in [7, 11) is 19.9. The number of carbonyl (C=O) groups is 2. The van der Waals surface area contributed by atoms with Crippen LogP contribution in [-0.2, 0) is 39.1 Å². The van der Waals surface area contributed by atoms with Gasteiger partial charge in [-0.2, -0.15) is 0 Å². The van der Waals surface area contributed by atoms with Crippen molar-refractivity contribution in [1.29, 1.82) is 0 Å². The van der Waals surface area contributed by atoms with Crippen molar-refractivity contribution in [2.24, 2.45) is 0 Å². The summed E-state index contributed by atoms with van der Waals surface area (Å²) in [5.41, 5.74) is 2.47. The van der Waals surface area contributed by atoms with Gasteiger partial charge in [-0.3, -0.25) is 0 Å². The molecule has 0 amide bonds. The third kappa shape index (κ3) is 12.5. The van der Waals surface area contributed by atoms with Gasteiger partial charge < -0.3 is 61.6 Å². The number of carbonyl (C=O) groups excluding carboxylic acids is 2. The molecular formula is C49H60O15+2. The summed E-state index contributed by atoms with van der Waals surface area (Å²) in [6.45, 7) is 0. The second-order valence-corrected chi connectivity index (χ2v) is 12.9. The number of hydrogen-bond acceptors (Lipinski definition) is 15. The molecule has 0 fully saturated rings. The van der Waals surface area contributed by atoms with Crippen LogP contribution in [0.4, 0.5) is 0 Å². The van der Waals surface area contributed by atoms with Crippen LogP contribution >= 0.6 is 0 Å². The zero-order valence-corrected chi connectivity index (χ0v) is 38.6. The second-order valence-electron chi connectivity index (χ2n) is 12.9. The van der Waals surface area contributed by atoms with Crippen LogP contribution in [0, 0.1) is 0 Å². The number of fused-ring (bicyclic) bond motifs is 2. The van der Waals surface area contributed by atoms with E-state index in [1.54, 1.807) is 66.9 Å². The maximum absolute atomic E-state index is 11.5. The summed E-state index contributed by atoms with van der Waals surface area (Å²) >= 11 is 0. The second kappa shape index (κ2) is 26.1. The first kappa shape index (κ1) is 51.7. The Bertz CT molecular complexity index is 2390. The highest BCUT2D eigenvalue weighted by Crippen LogP contribution is 2.39. The lowest BCUT2D eigenvalue weighted by molar-refractivity contribution is -0.365. The van der Waals surface area contributed by atoms with E-state index in [1.807, 2.05) is 84.9 Å². The van der Waals surface area contributed by atoms with Gasteiger partial charge in [-0.25, -0.2) is 9.59 Å². The van der Waals surface area contributed by atoms with Gasteiger partial charge in [0.05, 0.1) is 68.0 Å².